The third kappa shape index (κ3) is 9.97. The van der Waals surface area contributed by atoms with E-state index < -0.39 is 0 Å². The summed E-state index contributed by atoms with van der Waals surface area (Å²) >= 11 is 0. The van der Waals surface area contributed by atoms with Crippen LogP contribution in [0.5, 0.6) is 0 Å². The van der Waals surface area contributed by atoms with Crippen LogP contribution in [0.25, 0.3) is 0 Å². The molecule has 0 heterocycles. The molecule has 0 saturated carbocycles. The number of esters is 1. The van der Waals surface area contributed by atoms with Gasteiger partial charge in [-0.3, -0.25) is 4.79 Å². The van der Waals surface area contributed by atoms with Crippen molar-refractivity contribution in [3.05, 3.63) is 35.4 Å². The number of ether oxygens (including phenoxy) is 1. The molecular weight excluding hydrogens is 328 g/mol. The normalized spacial score (nSPS) is 10.8. The van der Waals surface area contributed by atoms with E-state index in [-0.39, 0.29) is 11.9 Å². The van der Waals surface area contributed by atoms with Crippen LogP contribution in [-0.4, -0.2) is 25.2 Å². The molecule has 1 rings (SSSR count). The van der Waals surface area contributed by atoms with E-state index in [4.69, 9.17) is 0 Å². The summed E-state index contributed by atoms with van der Waals surface area (Å²) in [6.07, 6.45) is 13.2. The lowest BCUT2D eigenvalue weighted by atomic mass is 10.1. The summed E-state index contributed by atoms with van der Waals surface area (Å²) in [4.78, 5) is 23.1. The van der Waals surface area contributed by atoms with E-state index >= 15 is 0 Å². The van der Waals surface area contributed by atoms with Gasteiger partial charge in [-0.15, -0.1) is 0 Å². The Hall–Kier alpha value is -2.17. The minimum absolute atomic E-state index is 0.0598. The Balaban J connectivity index is 2.10. The third-order valence-corrected chi connectivity index (χ3v) is 4.24. The van der Waals surface area contributed by atoms with Gasteiger partial charge in [0.25, 0.3) is 0 Å². The predicted molar refractivity (Wildman–Crippen MR) is 105 cm³/mol. The van der Waals surface area contributed by atoms with Gasteiger partial charge in [-0.1, -0.05) is 70.4 Å². The van der Waals surface area contributed by atoms with Crippen molar-refractivity contribution in [3.8, 4) is 0 Å². The molecule has 5 heteroatoms. The molecule has 0 aliphatic carbocycles. The van der Waals surface area contributed by atoms with Crippen LogP contribution >= 0.6 is 0 Å². The highest BCUT2D eigenvalue weighted by molar-refractivity contribution is 5.90. The quantitative estimate of drug-likeness (QED) is 0.237. The van der Waals surface area contributed by atoms with Gasteiger partial charge in [0, 0.05) is 6.42 Å². The molecule has 1 amide bonds. The van der Waals surface area contributed by atoms with Crippen LogP contribution in [-0.2, 0) is 9.53 Å². The van der Waals surface area contributed by atoms with Gasteiger partial charge in [-0.25, -0.2) is 10.2 Å². The maximum absolute atomic E-state index is 11.7. The lowest BCUT2D eigenvalue weighted by Gasteiger charge is -2.02. The highest BCUT2D eigenvalue weighted by atomic mass is 16.5. The van der Waals surface area contributed by atoms with E-state index in [2.05, 4.69) is 22.2 Å². The molecule has 0 aliphatic heterocycles. The fraction of sp³-hybridized carbons (Fsp3) is 0.571. The monoisotopic (exact) mass is 360 g/mol. The van der Waals surface area contributed by atoms with Crippen LogP contribution in [0.2, 0.25) is 0 Å². The summed E-state index contributed by atoms with van der Waals surface area (Å²) in [5.41, 5.74) is 3.84. The smallest absolute Gasteiger partial charge is 0.337 e. The third-order valence-electron chi connectivity index (χ3n) is 4.24. The molecule has 0 aliphatic rings. The van der Waals surface area contributed by atoms with Crippen molar-refractivity contribution in [1.82, 2.24) is 5.43 Å². The van der Waals surface area contributed by atoms with E-state index in [0.717, 1.165) is 18.4 Å². The molecule has 0 radical (unpaired) electrons. The van der Waals surface area contributed by atoms with E-state index in [1.54, 1.807) is 30.5 Å². The first-order valence-corrected chi connectivity index (χ1v) is 9.67. The van der Waals surface area contributed by atoms with E-state index in [9.17, 15) is 9.59 Å². The van der Waals surface area contributed by atoms with Gasteiger partial charge < -0.3 is 4.74 Å². The number of nitrogens with one attached hydrogen (secondary N) is 1. The Morgan fingerprint density at radius 1 is 0.962 bits per heavy atom. The molecule has 5 nitrogen and oxygen atoms in total. The predicted octanol–water partition coefficient (Wildman–Crippen LogP) is 4.84. The van der Waals surface area contributed by atoms with Gasteiger partial charge in [0.1, 0.15) is 0 Å². The number of amides is 1. The number of hydrogen-bond donors (Lipinski definition) is 1. The first kappa shape index (κ1) is 21.9. The average Bonchev–Trinajstić information content (AvgIpc) is 2.66. The number of carbonyl (C=O) groups is 2. The molecule has 26 heavy (non-hydrogen) atoms. The fourth-order valence-corrected chi connectivity index (χ4v) is 2.65. The van der Waals surface area contributed by atoms with Crippen molar-refractivity contribution in [2.24, 2.45) is 5.10 Å². The number of methoxy groups -OCH3 is 1. The van der Waals surface area contributed by atoms with Crippen molar-refractivity contribution in [2.45, 2.75) is 71.1 Å². The van der Waals surface area contributed by atoms with Crippen molar-refractivity contribution in [3.63, 3.8) is 0 Å². The number of rotatable bonds is 13. The van der Waals surface area contributed by atoms with Crippen LogP contribution < -0.4 is 5.43 Å². The summed E-state index contributed by atoms with van der Waals surface area (Å²) in [5, 5.41) is 3.95. The second kappa shape index (κ2) is 14.0. The Bertz CT molecular complexity index is 553. The van der Waals surface area contributed by atoms with Crippen LogP contribution in [0.1, 0.15) is 87.1 Å². The van der Waals surface area contributed by atoms with Gasteiger partial charge in [-0.2, -0.15) is 5.10 Å². The van der Waals surface area contributed by atoms with Crippen LogP contribution in [0.3, 0.4) is 0 Å². The summed E-state index contributed by atoms with van der Waals surface area (Å²) in [6.45, 7) is 2.23. The number of hydrogen-bond acceptors (Lipinski definition) is 4. The van der Waals surface area contributed by atoms with E-state index in [1.807, 2.05) is 0 Å². The minimum Gasteiger partial charge on any atom is -0.465 e. The molecule has 1 aromatic rings. The molecule has 144 valence electrons. The molecule has 1 N–H and O–H groups in total. The summed E-state index contributed by atoms with van der Waals surface area (Å²) in [7, 11) is 1.35. The van der Waals surface area contributed by atoms with Crippen LogP contribution in [0.15, 0.2) is 29.4 Å². The largest absolute Gasteiger partial charge is 0.465 e. The van der Waals surface area contributed by atoms with Crippen molar-refractivity contribution in [1.29, 1.82) is 0 Å². The Kier molecular flexibility index (Phi) is 11.8. The number of benzene rings is 1. The maximum Gasteiger partial charge on any atom is 0.337 e. The molecule has 0 fully saturated rings. The molecule has 0 unspecified atom stereocenters. The zero-order chi connectivity index (χ0) is 19.0. The van der Waals surface area contributed by atoms with Gasteiger partial charge in [0.05, 0.1) is 18.9 Å². The zero-order valence-electron chi connectivity index (χ0n) is 16.1. The number of carbonyl (C=O) groups excluding carboxylic acids is 2. The number of hydrazone groups is 1. The zero-order valence-corrected chi connectivity index (χ0v) is 16.1. The topological polar surface area (TPSA) is 67.8 Å². The highest BCUT2D eigenvalue weighted by Crippen LogP contribution is 2.10. The van der Waals surface area contributed by atoms with Gasteiger partial charge in [-0.05, 0) is 24.1 Å². The lowest BCUT2D eigenvalue weighted by Crippen LogP contribution is -2.16. The SMILES string of the molecule is CCCCCCCCCCCC(=O)NN=Cc1ccc(C(=O)OC)cc1. The molecule has 0 atom stereocenters. The molecular formula is C21H32N2O3. The Labute approximate surface area is 157 Å². The van der Waals surface area contributed by atoms with Crippen molar-refractivity contribution >= 4 is 18.1 Å². The van der Waals surface area contributed by atoms with Crippen molar-refractivity contribution < 1.29 is 14.3 Å². The number of unbranched alkanes of at least 4 members (excludes halogenated alkanes) is 8. The molecule has 0 bridgehead atoms. The first-order chi connectivity index (χ1) is 12.7. The van der Waals surface area contributed by atoms with Crippen molar-refractivity contribution in [2.75, 3.05) is 7.11 Å². The Morgan fingerprint density at radius 3 is 2.12 bits per heavy atom. The minimum atomic E-state index is -0.372. The lowest BCUT2D eigenvalue weighted by molar-refractivity contribution is -0.121. The first-order valence-electron chi connectivity index (χ1n) is 9.67. The summed E-state index contributed by atoms with van der Waals surface area (Å²) in [6, 6.07) is 6.83. The van der Waals surface area contributed by atoms with Crippen LogP contribution in [0, 0.1) is 0 Å². The molecule has 1 aromatic carbocycles. The second-order valence-corrected chi connectivity index (χ2v) is 6.49. The summed E-state index contributed by atoms with van der Waals surface area (Å²) < 4.78 is 4.64. The van der Waals surface area contributed by atoms with E-state index in [0.29, 0.717) is 12.0 Å². The standard InChI is InChI=1S/C21H32N2O3/c1-3-4-5-6-7-8-9-10-11-12-20(24)23-22-17-18-13-15-19(16-14-18)21(25)26-2/h13-17H,3-12H2,1-2H3,(H,23,24). The Morgan fingerprint density at radius 2 is 1.54 bits per heavy atom. The van der Waals surface area contributed by atoms with Gasteiger partial charge >= 0.3 is 5.97 Å². The second-order valence-electron chi connectivity index (χ2n) is 6.49. The van der Waals surface area contributed by atoms with Gasteiger partial charge in [0.2, 0.25) is 5.91 Å². The van der Waals surface area contributed by atoms with Gasteiger partial charge in [0.15, 0.2) is 0 Å². The summed E-state index contributed by atoms with van der Waals surface area (Å²) in [5.74, 6) is -0.432. The fourth-order valence-electron chi connectivity index (χ4n) is 2.65. The molecule has 0 aromatic heterocycles. The van der Waals surface area contributed by atoms with Crippen LogP contribution in [0.4, 0.5) is 0 Å². The van der Waals surface area contributed by atoms with E-state index in [1.165, 1.54) is 52.1 Å². The average molecular weight is 360 g/mol. The highest BCUT2D eigenvalue weighted by Gasteiger charge is 2.03. The molecule has 0 saturated heterocycles. The molecule has 0 spiro atoms. The maximum atomic E-state index is 11.7. The number of nitrogens with zero attached hydrogens (tertiary/aromatic N) is 1.